The normalized spacial score (nSPS) is 12.9. The zero-order chi connectivity index (χ0) is 14.6. The number of hydrogen-bond acceptors (Lipinski definition) is 4. The maximum Gasteiger partial charge on any atom is 0.307 e. The van der Waals surface area contributed by atoms with Gasteiger partial charge >= 0.3 is 5.97 Å². The first-order valence-corrected chi connectivity index (χ1v) is 7.06. The van der Waals surface area contributed by atoms with Gasteiger partial charge in [0.2, 0.25) is 10.0 Å². The molecular weight excluding hydrogens is 270 g/mol. The number of sulfonamides is 1. The molecule has 2 N–H and O–H groups in total. The van der Waals surface area contributed by atoms with Crippen molar-refractivity contribution in [2.45, 2.75) is 18.7 Å². The minimum Gasteiger partial charge on any atom is -0.481 e. The van der Waals surface area contributed by atoms with Crippen LogP contribution in [-0.2, 0) is 14.8 Å². The standard InChI is InChI=1S/C12H15NO5S/c1-8(12(15)16)7-13-19(17,18)11-5-3-10(4-6-11)9(2)14/h3-6,8,13H,7H2,1-2H3,(H,15,16). The molecule has 1 rings (SSSR count). The number of benzene rings is 1. The number of Topliss-reactive ketones (excluding diaryl/α,β-unsaturated/α-hetero) is 1. The van der Waals surface area contributed by atoms with Crippen molar-refractivity contribution in [1.29, 1.82) is 0 Å². The Kier molecular flexibility index (Phi) is 4.79. The van der Waals surface area contributed by atoms with Crippen molar-refractivity contribution in [1.82, 2.24) is 4.72 Å². The lowest BCUT2D eigenvalue weighted by Gasteiger charge is -2.09. The fourth-order valence-electron chi connectivity index (χ4n) is 1.27. The first-order chi connectivity index (χ1) is 8.74. The van der Waals surface area contributed by atoms with E-state index < -0.39 is 21.9 Å². The van der Waals surface area contributed by atoms with Crippen molar-refractivity contribution in [3.8, 4) is 0 Å². The van der Waals surface area contributed by atoms with Crippen LogP contribution in [-0.4, -0.2) is 31.8 Å². The molecule has 0 saturated carbocycles. The number of carbonyl (C=O) groups excluding carboxylic acids is 1. The monoisotopic (exact) mass is 285 g/mol. The quantitative estimate of drug-likeness (QED) is 0.756. The molecule has 7 heteroatoms. The molecule has 0 bridgehead atoms. The Morgan fingerprint density at radius 3 is 2.21 bits per heavy atom. The van der Waals surface area contributed by atoms with Crippen LogP contribution in [0.3, 0.4) is 0 Å². The highest BCUT2D eigenvalue weighted by Crippen LogP contribution is 2.11. The second kappa shape index (κ2) is 5.94. The summed E-state index contributed by atoms with van der Waals surface area (Å²) in [5.74, 6) is -2.04. The molecule has 0 aliphatic heterocycles. The van der Waals surface area contributed by atoms with Crippen LogP contribution in [0.2, 0.25) is 0 Å². The summed E-state index contributed by atoms with van der Waals surface area (Å²) in [6.07, 6.45) is 0. The van der Waals surface area contributed by atoms with Gasteiger partial charge in [-0.05, 0) is 19.1 Å². The van der Waals surface area contributed by atoms with Crippen LogP contribution in [0.15, 0.2) is 29.2 Å². The van der Waals surface area contributed by atoms with E-state index in [0.29, 0.717) is 5.56 Å². The van der Waals surface area contributed by atoms with E-state index in [-0.39, 0.29) is 17.2 Å². The molecule has 0 saturated heterocycles. The van der Waals surface area contributed by atoms with Gasteiger partial charge in [-0.25, -0.2) is 13.1 Å². The molecule has 104 valence electrons. The molecule has 0 aromatic heterocycles. The smallest absolute Gasteiger partial charge is 0.307 e. The van der Waals surface area contributed by atoms with Gasteiger partial charge in [0, 0.05) is 12.1 Å². The van der Waals surface area contributed by atoms with E-state index in [2.05, 4.69) is 4.72 Å². The molecular formula is C12H15NO5S. The van der Waals surface area contributed by atoms with Crippen molar-refractivity contribution < 1.29 is 23.1 Å². The lowest BCUT2D eigenvalue weighted by molar-refractivity contribution is -0.140. The maximum atomic E-state index is 11.9. The number of ketones is 1. The lowest BCUT2D eigenvalue weighted by atomic mass is 10.2. The molecule has 0 heterocycles. The van der Waals surface area contributed by atoms with E-state index in [9.17, 15) is 18.0 Å². The summed E-state index contributed by atoms with van der Waals surface area (Å²) in [4.78, 5) is 21.7. The van der Waals surface area contributed by atoms with Crippen LogP contribution in [0.25, 0.3) is 0 Å². The highest BCUT2D eigenvalue weighted by Gasteiger charge is 2.18. The number of nitrogens with one attached hydrogen (secondary N) is 1. The first kappa shape index (κ1) is 15.3. The van der Waals surface area contributed by atoms with Crippen LogP contribution in [0.5, 0.6) is 0 Å². The van der Waals surface area contributed by atoms with Gasteiger partial charge in [0.25, 0.3) is 0 Å². The van der Waals surface area contributed by atoms with E-state index >= 15 is 0 Å². The molecule has 1 aromatic rings. The second-order valence-corrected chi connectivity index (χ2v) is 5.94. The van der Waals surface area contributed by atoms with Crippen molar-refractivity contribution in [3.05, 3.63) is 29.8 Å². The number of carboxylic acids is 1. The molecule has 0 aliphatic rings. The van der Waals surface area contributed by atoms with E-state index in [1.54, 1.807) is 0 Å². The van der Waals surface area contributed by atoms with Crippen molar-refractivity contribution in [3.63, 3.8) is 0 Å². The van der Waals surface area contributed by atoms with E-state index in [1.165, 1.54) is 38.1 Å². The molecule has 0 amide bonds. The van der Waals surface area contributed by atoms with Crippen LogP contribution < -0.4 is 4.72 Å². The highest BCUT2D eigenvalue weighted by atomic mass is 32.2. The van der Waals surface area contributed by atoms with Gasteiger partial charge in [-0.15, -0.1) is 0 Å². The van der Waals surface area contributed by atoms with Gasteiger partial charge < -0.3 is 5.11 Å². The largest absolute Gasteiger partial charge is 0.481 e. The number of carboxylic acid groups (broad SMARTS) is 1. The molecule has 6 nitrogen and oxygen atoms in total. The third-order valence-electron chi connectivity index (χ3n) is 2.57. The molecule has 1 atom stereocenters. The van der Waals surface area contributed by atoms with Gasteiger partial charge in [0.05, 0.1) is 10.8 Å². The summed E-state index contributed by atoms with van der Waals surface area (Å²) in [7, 11) is -3.76. The Morgan fingerprint density at radius 1 is 1.26 bits per heavy atom. The average molecular weight is 285 g/mol. The van der Waals surface area contributed by atoms with E-state index in [1.807, 2.05) is 0 Å². The summed E-state index contributed by atoms with van der Waals surface area (Å²) < 4.78 is 25.9. The third kappa shape index (κ3) is 4.15. The summed E-state index contributed by atoms with van der Waals surface area (Å²) >= 11 is 0. The molecule has 1 aromatic carbocycles. The summed E-state index contributed by atoms with van der Waals surface area (Å²) in [5, 5.41) is 8.67. The number of aliphatic carboxylic acids is 1. The predicted octanol–water partition coefficient (Wildman–Crippen LogP) is 0.888. The SMILES string of the molecule is CC(=O)c1ccc(S(=O)(=O)NCC(C)C(=O)O)cc1. The van der Waals surface area contributed by atoms with E-state index in [4.69, 9.17) is 5.11 Å². The second-order valence-electron chi connectivity index (χ2n) is 4.17. The molecule has 0 fully saturated rings. The van der Waals surface area contributed by atoms with Gasteiger partial charge in [0.15, 0.2) is 5.78 Å². The molecule has 19 heavy (non-hydrogen) atoms. The minimum absolute atomic E-state index is 0.00455. The molecule has 0 radical (unpaired) electrons. The van der Waals surface area contributed by atoms with Gasteiger partial charge in [-0.2, -0.15) is 0 Å². The Morgan fingerprint density at radius 2 is 1.79 bits per heavy atom. The van der Waals surface area contributed by atoms with Crippen LogP contribution >= 0.6 is 0 Å². The summed E-state index contributed by atoms with van der Waals surface area (Å²) in [6, 6.07) is 5.45. The predicted molar refractivity (Wildman–Crippen MR) is 68.4 cm³/mol. The number of rotatable bonds is 6. The van der Waals surface area contributed by atoms with Gasteiger partial charge in [-0.3, -0.25) is 9.59 Å². The fraction of sp³-hybridized carbons (Fsp3) is 0.333. The van der Waals surface area contributed by atoms with Gasteiger partial charge in [0.1, 0.15) is 0 Å². The minimum atomic E-state index is -3.76. The van der Waals surface area contributed by atoms with Gasteiger partial charge in [-0.1, -0.05) is 19.1 Å². The third-order valence-corrected chi connectivity index (χ3v) is 4.01. The zero-order valence-electron chi connectivity index (χ0n) is 10.6. The lowest BCUT2D eigenvalue weighted by Crippen LogP contribution is -2.31. The fourth-order valence-corrected chi connectivity index (χ4v) is 2.40. The number of hydrogen-bond donors (Lipinski definition) is 2. The summed E-state index contributed by atoms with van der Waals surface area (Å²) in [5.41, 5.74) is 0.415. The Hall–Kier alpha value is -1.73. The Balaban J connectivity index is 2.83. The van der Waals surface area contributed by atoms with Crippen molar-refractivity contribution >= 4 is 21.8 Å². The van der Waals surface area contributed by atoms with Crippen LogP contribution in [0.4, 0.5) is 0 Å². The maximum absolute atomic E-state index is 11.9. The van der Waals surface area contributed by atoms with Crippen LogP contribution in [0.1, 0.15) is 24.2 Å². The van der Waals surface area contributed by atoms with Crippen LogP contribution in [0, 0.1) is 5.92 Å². The van der Waals surface area contributed by atoms with Crippen molar-refractivity contribution in [2.24, 2.45) is 5.92 Å². The summed E-state index contributed by atoms with van der Waals surface area (Å²) in [6.45, 7) is 2.60. The number of carbonyl (C=O) groups is 2. The van der Waals surface area contributed by atoms with E-state index in [0.717, 1.165) is 0 Å². The first-order valence-electron chi connectivity index (χ1n) is 5.57. The zero-order valence-corrected chi connectivity index (χ0v) is 11.4. The average Bonchev–Trinajstić information content (AvgIpc) is 2.36. The Bertz CT molecular complexity index is 577. The highest BCUT2D eigenvalue weighted by molar-refractivity contribution is 7.89. The molecule has 0 spiro atoms. The van der Waals surface area contributed by atoms with Crippen molar-refractivity contribution in [2.75, 3.05) is 6.54 Å². The topological polar surface area (TPSA) is 101 Å². The molecule has 1 unspecified atom stereocenters. The Labute approximate surface area is 111 Å². The molecule has 0 aliphatic carbocycles.